The van der Waals surface area contributed by atoms with Crippen molar-refractivity contribution in [2.75, 3.05) is 7.11 Å². The quantitative estimate of drug-likeness (QED) is 0.851. The maximum Gasteiger partial charge on any atom is 0.327 e. The number of halogens is 2. The summed E-state index contributed by atoms with van der Waals surface area (Å²) in [5.74, 6) is -0.445. The van der Waals surface area contributed by atoms with Gasteiger partial charge in [-0.2, -0.15) is 0 Å². The molecule has 0 amide bonds. The minimum Gasteiger partial charge on any atom is -0.468 e. The van der Waals surface area contributed by atoms with Crippen LogP contribution in [0, 0.1) is 0 Å². The van der Waals surface area contributed by atoms with Gasteiger partial charge in [0.15, 0.2) is 0 Å². The van der Waals surface area contributed by atoms with E-state index in [1.807, 2.05) is 6.07 Å². The molecule has 0 bridgehead atoms. The van der Waals surface area contributed by atoms with Gasteiger partial charge in [-0.15, -0.1) is 0 Å². The van der Waals surface area contributed by atoms with Crippen molar-refractivity contribution in [2.45, 2.75) is 6.04 Å². The predicted octanol–water partition coefficient (Wildman–Crippen LogP) is 2.38. The molecule has 1 unspecified atom stereocenters. The maximum atomic E-state index is 11.1. The summed E-state index contributed by atoms with van der Waals surface area (Å²) in [5.41, 5.74) is 6.37. The van der Waals surface area contributed by atoms with Crippen molar-refractivity contribution in [1.29, 1.82) is 0 Å². The molecule has 0 radical (unpaired) electrons. The first-order valence-electron chi connectivity index (χ1n) is 3.84. The molecule has 14 heavy (non-hydrogen) atoms. The number of hydrogen-bond acceptors (Lipinski definition) is 3. The average Bonchev–Trinajstić information content (AvgIpc) is 2.20. The highest BCUT2D eigenvalue weighted by Crippen LogP contribution is 2.26. The number of carbonyl (C=O) groups is 1. The highest BCUT2D eigenvalue weighted by Gasteiger charge is 2.16. The Morgan fingerprint density at radius 3 is 2.57 bits per heavy atom. The second-order valence-electron chi connectivity index (χ2n) is 2.67. The van der Waals surface area contributed by atoms with Gasteiger partial charge in [-0.05, 0) is 49.6 Å². The monoisotopic (exact) mass is 321 g/mol. The summed E-state index contributed by atoms with van der Waals surface area (Å²) in [5, 5.41) is 0. The number of benzene rings is 1. The second-order valence-corrected chi connectivity index (χ2v) is 4.38. The Labute approximate surface area is 98.9 Å². The smallest absolute Gasteiger partial charge is 0.327 e. The average molecular weight is 323 g/mol. The fraction of sp³-hybridized carbons (Fsp3) is 0.222. The molecule has 0 aliphatic carbocycles. The van der Waals surface area contributed by atoms with Gasteiger partial charge in [0, 0.05) is 8.95 Å². The van der Waals surface area contributed by atoms with E-state index < -0.39 is 12.0 Å². The van der Waals surface area contributed by atoms with Gasteiger partial charge >= 0.3 is 5.97 Å². The van der Waals surface area contributed by atoms with Gasteiger partial charge in [-0.3, -0.25) is 4.79 Å². The Bertz CT molecular complexity index is 355. The lowest BCUT2D eigenvalue weighted by Gasteiger charge is -2.10. The van der Waals surface area contributed by atoms with Crippen LogP contribution < -0.4 is 5.73 Å². The maximum absolute atomic E-state index is 11.1. The summed E-state index contributed by atoms with van der Waals surface area (Å²) in [6, 6.07) is 4.65. The van der Waals surface area contributed by atoms with Crippen LogP contribution in [0.4, 0.5) is 0 Å². The van der Waals surface area contributed by atoms with Crippen LogP contribution in [-0.2, 0) is 9.53 Å². The molecule has 3 nitrogen and oxygen atoms in total. The Kier molecular flexibility index (Phi) is 4.10. The molecule has 0 spiro atoms. The minimum absolute atomic E-state index is 0.445. The molecule has 1 aromatic carbocycles. The zero-order chi connectivity index (χ0) is 10.7. The van der Waals surface area contributed by atoms with Crippen LogP contribution in [0.3, 0.4) is 0 Å². The normalized spacial score (nSPS) is 12.3. The molecule has 1 rings (SSSR count). The highest BCUT2D eigenvalue weighted by molar-refractivity contribution is 9.13. The second kappa shape index (κ2) is 4.91. The number of carbonyl (C=O) groups excluding carboxylic acids is 1. The standard InChI is InChI=1S/C9H9Br2NO2/c1-14-9(13)8(12)5-2-3-6(10)7(11)4-5/h2-4,8H,12H2,1H3. The van der Waals surface area contributed by atoms with Crippen LogP contribution in [0.2, 0.25) is 0 Å². The summed E-state index contributed by atoms with van der Waals surface area (Å²) in [7, 11) is 1.32. The summed E-state index contributed by atoms with van der Waals surface area (Å²) in [6.45, 7) is 0. The van der Waals surface area contributed by atoms with Crippen molar-refractivity contribution in [3.8, 4) is 0 Å². The molecule has 76 valence electrons. The largest absolute Gasteiger partial charge is 0.468 e. The van der Waals surface area contributed by atoms with Gasteiger partial charge in [0.05, 0.1) is 7.11 Å². The summed E-state index contributed by atoms with van der Waals surface area (Å²) in [4.78, 5) is 11.1. The SMILES string of the molecule is COC(=O)C(N)c1ccc(Br)c(Br)c1. The fourth-order valence-corrected chi connectivity index (χ4v) is 1.61. The molecule has 0 aliphatic rings. The van der Waals surface area contributed by atoms with Crippen LogP contribution in [0.25, 0.3) is 0 Å². The Balaban J connectivity index is 2.96. The number of nitrogens with two attached hydrogens (primary N) is 1. The van der Waals surface area contributed by atoms with Crippen molar-refractivity contribution in [1.82, 2.24) is 0 Å². The van der Waals surface area contributed by atoms with Gasteiger partial charge in [-0.1, -0.05) is 6.07 Å². The number of ether oxygens (including phenoxy) is 1. The molecule has 5 heteroatoms. The summed E-state index contributed by atoms with van der Waals surface area (Å²) in [6.07, 6.45) is 0. The molecule has 0 aliphatic heterocycles. The van der Waals surface area contributed by atoms with E-state index >= 15 is 0 Å². The van der Waals surface area contributed by atoms with E-state index in [-0.39, 0.29) is 0 Å². The van der Waals surface area contributed by atoms with Crippen molar-refractivity contribution in [3.05, 3.63) is 32.7 Å². The van der Waals surface area contributed by atoms with Crippen molar-refractivity contribution < 1.29 is 9.53 Å². The zero-order valence-corrected chi connectivity index (χ0v) is 10.6. The van der Waals surface area contributed by atoms with Crippen LogP contribution >= 0.6 is 31.9 Å². The molecule has 0 saturated carbocycles. The van der Waals surface area contributed by atoms with E-state index in [4.69, 9.17) is 5.73 Å². The number of esters is 1. The van der Waals surface area contributed by atoms with Crippen molar-refractivity contribution >= 4 is 37.8 Å². The van der Waals surface area contributed by atoms with Crippen molar-refractivity contribution in [3.63, 3.8) is 0 Å². The van der Waals surface area contributed by atoms with E-state index in [1.54, 1.807) is 12.1 Å². The van der Waals surface area contributed by atoms with E-state index in [9.17, 15) is 4.79 Å². The minimum atomic E-state index is -0.732. The molecule has 0 saturated heterocycles. The summed E-state index contributed by atoms with van der Waals surface area (Å²) >= 11 is 6.66. The van der Waals surface area contributed by atoms with E-state index in [1.165, 1.54) is 7.11 Å². The first-order valence-corrected chi connectivity index (χ1v) is 5.43. The summed E-state index contributed by atoms with van der Waals surface area (Å²) < 4.78 is 6.32. The lowest BCUT2D eigenvalue weighted by atomic mass is 10.1. The van der Waals surface area contributed by atoms with Gasteiger partial charge < -0.3 is 10.5 Å². The van der Waals surface area contributed by atoms with Crippen LogP contribution in [0.1, 0.15) is 11.6 Å². The molecule has 0 fully saturated rings. The molecular formula is C9H9Br2NO2. The number of hydrogen-bond donors (Lipinski definition) is 1. The number of methoxy groups -OCH3 is 1. The highest BCUT2D eigenvalue weighted by atomic mass is 79.9. The van der Waals surface area contributed by atoms with Crippen LogP contribution in [-0.4, -0.2) is 13.1 Å². The van der Waals surface area contributed by atoms with Gasteiger partial charge in [-0.25, -0.2) is 0 Å². The lowest BCUT2D eigenvalue weighted by molar-refractivity contribution is -0.142. The van der Waals surface area contributed by atoms with Gasteiger partial charge in [0.25, 0.3) is 0 Å². The molecule has 0 heterocycles. The van der Waals surface area contributed by atoms with Crippen molar-refractivity contribution in [2.24, 2.45) is 5.73 Å². The van der Waals surface area contributed by atoms with Crippen LogP contribution in [0.15, 0.2) is 27.1 Å². The zero-order valence-electron chi connectivity index (χ0n) is 7.46. The molecular weight excluding hydrogens is 314 g/mol. The third kappa shape index (κ3) is 2.56. The Hall–Kier alpha value is -0.390. The fourth-order valence-electron chi connectivity index (χ4n) is 0.969. The molecule has 2 N–H and O–H groups in total. The molecule has 0 aromatic heterocycles. The van der Waals surface area contributed by atoms with Crippen LogP contribution in [0.5, 0.6) is 0 Å². The third-order valence-corrected chi connectivity index (χ3v) is 3.64. The third-order valence-electron chi connectivity index (χ3n) is 1.76. The topological polar surface area (TPSA) is 52.3 Å². The first-order chi connectivity index (χ1) is 6.56. The number of rotatable bonds is 2. The van der Waals surface area contributed by atoms with Gasteiger partial charge in [0.2, 0.25) is 0 Å². The van der Waals surface area contributed by atoms with E-state index in [2.05, 4.69) is 36.6 Å². The molecule has 1 aromatic rings. The lowest BCUT2D eigenvalue weighted by Crippen LogP contribution is -2.22. The first kappa shape index (κ1) is 11.7. The molecule has 1 atom stereocenters. The Morgan fingerprint density at radius 1 is 1.43 bits per heavy atom. The van der Waals surface area contributed by atoms with E-state index in [0.29, 0.717) is 5.56 Å². The van der Waals surface area contributed by atoms with Gasteiger partial charge in [0.1, 0.15) is 6.04 Å². The predicted molar refractivity (Wildman–Crippen MR) is 60.8 cm³/mol. The van der Waals surface area contributed by atoms with E-state index in [0.717, 1.165) is 8.95 Å². The Morgan fingerprint density at radius 2 is 2.07 bits per heavy atom.